The third-order valence-corrected chi connectivity index (χ3v) is 6.75. The van der Waals surface area contributed by atoms with Crippen molar-refractivity contribution in [1.82, 2.24) is 20.2 Å². The van der Waals surface area contributed by atoms with Gasteiger partial charge in [0.2, 0.25) is 0 Å². The fourth-order valence-electron chi connectivity index (χ4n) is 3.03. The Labute approximate surface area is 215 Å². The Morgan fingerprint density at radius 3 is 2.50 bits per heavy atom. The lowest BCUT2D eigenvalue weighted by Crippen LogP contribution is -2.20. The van der Waals surface area contributed by atoms with Gasteiger partial charge in [-0.3, -0.25) is 9.36 Å². The van der Waals surface area contributed by atoms with E-state index in [0.29, 0.717) is 31.6 Å². The highest BCUT2D eigenvalue weighted by atomic mass is 35.5. The number of thioether (sulfide) groups is 1. The first-order chi connectivity index (χ1) is 16.4. The van der Waals surface area contributed by atoms with E-state index in [9.17, 15) is 4.79 Å². The van der Waals surface area contributed by atoms with Crippen LogP contribution in [0.2, 0.25) is 15.1 Å². The first-order valence-corrected chi connectivity index (χ1v) is 12.2. The summed E-state index contributed by atoms with van der Waals surface area (Å²) in [6.45, 7) is 2.02. The number of hydrogen-bond acceptors (Lipinski definition) is 5. The van der Waals surface area contributed by atoms with Crippen LogP contribution in [0, 0.1) is 6.92 Å². The molecule has 1 heterocycles. The van der Waals surface area contributed by atoms with Gasteiger partial charge >= 0.3 is 0 Å². The van der Waals surface area contributed by atoms with Gasteiger partial charge < -0.3 is 0 Å². The van der Waals surface area contributed by atoms with E-state index in [2.05, 4.69) is 20.7 Å². The van der Waals surface area contributed by atoms with Gasteiger partial charge in [0.05, 0.1) is 22.0 Å². The zero-order valence-electron chi connectivity index (χ0n) is 17.9. The number of nitrogens with one attached hydrogen (secondary N) is 1. The molecule has 0 saturated heterocycles. The second kappa shape index (κ2) is 11.1. The largest absolute Gasteiger partial charge is 0.272 e. The van der Waals surface area contributed by atoms with Crippen LogP contribution in [0.1, 0.15) is 11.1 Å². The van der Waals surface area contributed by atoms with Crippen molar-refractivity contribution < 1.29 is 4.79 Å². The summed E-state index contributed by atoms with van der Waals surface area (Å²) in [5.74, 6) is 0.438. The van der Waals surface area contributed by atoms with Crippen LogP contribution in [0.15, 0.2) is 77.0 Å². The number of amides is 1. The SMILES string of the molecule is Cc1ccc(-n2c(SCC(=O)N/N=C\c3cccc(Cl)c3Cl)nnc2-c2ccc(Cl)cc2)cc1. The van der Waals surface area contributed by atoms with Crippen molar-refractivity contribution in [3.05, 3.63) is 92.9 Å². The number of nitrogens with zero attached hydrogens (tertiary/aromatic N) is 4. The lowest BCUT2D eigenvalue weighted by Gasteiger charge is -2.10. The van der Waals surface area contributed by atoms with E-state index in [0.717, 1.165) is 16.8 Å². The normalized spacial score (nSPS) is 11.2. The zero-order valence-corrected chi connectivity index (χ0v) is 21.0. The van der Waals surface area contributed by atoms with Crippen LogP contribution in [0.25, 0.3) is 17.1 Å². The first kappa shape index (κ1) is 24.3. The van der Waals surface area contributed by atoms with E-state index in [1.165, 1.54) is 18.0 Å². The Kier molecular flexibility index (Phi) is 7.90. The summed E-state index contributed by atoms with van der Waals surface area (Å²) < 4.78 is 1.91. The van der Waals surface area contributed by atoms with Crippen molar-refractivity contribution in [3.63, 3.8) is 0 Å². The van der Waals surface area contributed by atoms with E-state index >= 15 is 0 Å². The van der Waals surface area contributed by atoms with Crippen LogP contribution < -0.4 is 5.43 Å². The number of rotatable bonds is 7. The van der Waals surface area contributed by atoms with Gasteiger partial charge in [0.25, 0.3) is 5.91 Å². The van der Waals surface area contributed by atoms with Crippen molar-refractivity contribution in [1.29, 1.82) is 0 Å². The molecule has 1 aromatic heterocycles. The molecule has 1 N–H and O–H groups in total. The number of aromatic nitrogens is 3. The standard InChI is InChI=1S/C24H18Cl3N5OS/c1-15-5-11-19(12-6-15)32-23(16-7-9-18(25)10-8-16)30-31-24(32)34-14-21(33)29-28-13-17-3-2-4-20(26)22(17)27/h2-13H,14H2,1H3,(H,29,33)/b28-13-. The molecule has 6 nitrogen and oxygen atoms in total. The molecule has 1 amide bonds. The molecule has 172 valence electrons. The highest BCUT2D eigenvalue weighted by Gasteiger charge is 2.17. The molecule has 0 radical (unpaired) electrons. The fraction of sp³-hybridized carbons (Fsp3) is 0.0833. The maximum atomic E-state index is 12.4. The molecule has 0 fully saturated rings. The molecule has 0 aliphatic rings. The molecule has 0 spiro atoms. The van der Waals surface area contributed by atoms with Crippen LogP contribution in [-0.4, -0.2) is 32.6 Å². The second-order valence-corrected chi connectivity index (χ2v) is 9.37. The molecule has 34 heavy (non-hydrogen) atoms. The van der Waals surface area contributed by atoms with Crippen LogP contribution in [0.4, 0.5) is 0 Å². The van der Waals surface area contributed by atoms with Crippen LogP contribution >= 0.6 is 46.6 Å². The number of hydrazone groups is 1. The van der Waals surface area contributed by atoms with Crippen molar-refractivity contribution in [2.45, 2.75) is 12.1 Å². The number of hydrogen-bond donors (Lipinski definition) is 1. The topological polar surface area (TPSA) is 72.2 Å². The molecule has 0 aliphatic carbocycles. The fourth-order valence-corrected chi connectivity index (χ4v) is 4.26. The lowest BCUT2D eigenvalue weighted by molar-refractivity contribution is -0.118. The van der Waals surface area contributed by atoms with Crippen molar-refractivity contribution in [2.75, 3.05) is 5.75 Å². The van der Waals surface area contributed by atoms with Gasteiger partial charge in [-0.25, -0.2) is 5.43 Å². The Hall–Kier alpha value is -2.84. The molecular weight excluding hydrogens is 513 g/mol. The Bertz CT molecular complexity index is 1340. The average Bonchev–Trinajstić information content (AvgIpc) is 3.25. The second-order valence-electron chi connectivity index (χ2n) is 7.21. The first-order valence-electron chi connectivity index (χ1n) is 10.1. The van der Waals surface area contributed by atoms with Gasteiger partial charge in [0.15, 0.2) is 11.0 Å². The van der Waals surface area contributed by atoms with Crippen molar-refractivity contribution in [3.8, 4) is 17.1 Å². The molecule has 4 aromatic rings. The summed E-state index contributed by atoms with van der Waals surface area (Å²) in [5.41, 5.74) is 5.98. The number of carbonyl (C=O) groups excluding carboxylic acids is 1. The number of carbonyl (C=O) groups is 1. The molecular formula is C24H18Cl3N5OS. The lowest BCUT2D eigenvalue weighted by atomic mass is 10.2. The number of aryl methyl sites for hydroxylation is 1. The monoisotopic (exact) mass is 529 g/mol. The van der Waals surface area contributed by atoms with Gasteiger partial charge in [-0.05, 0) is 49.4 Å². The Morgan fingerprint density at radius 1 is 1.03 bits per heavy atom. The Balaban J connectivity index is 1.51. The van der Waals surface area contributed by atoms with E-state index < -0.39 is 0 Å². The third-order valence-electron chi connectivity index (χ3n) is 4.73. The summed E-state index contributed by atoms with van der Waals surface area (Å²) in [6.07, 6.45) is 1.45. The summed E-state index contributed by atoms with van der Waals surface area (Å²) in [5, 5.41) is 14.7. The van der Waals surface area contributed by atoms with Crippen molar-refractivity contribution >= 4 is 58.7 Å². The van der Waals surface area contributed by atoms with E-state index in [1.54, 1.807) is 30.3 Å². The van der Waals surface area contributed by atoms with E-state index in [4.69, 9.17) is 34.8 Å². The minimum Gasteiger partial charge on any atom is -0.272 e. The molecule has 0 atom stereocenters. The average molecular weight is 531 g/mol. The molecule has 4 rings (SSSR count). The van der Waals surface area contributed by atoms with Gasteiger partial charge in [-0.15, -0.1) is 10.2 Å². The smallest absolute Gasteiger partial charge is 0.250 e. The zero-order chi connectivity index (χ0) is 24.1. The predicted octanol–water partition coefficient (Wildman–Crippen LogP) is 6.45. The third kappa shape index (κ3) is 5.80. The minimum atomic E-state index is -0.300. The molecule has 0 saturated carbocycles. The molecule has 0 aliphatic heterocycles. The van der Waals surface area contributed by atoms with E-state index in [-0.39, 0.29) is 11.7 Å². The van der Waals surface area contributed by atoms with Gasteiger partial charge in [-0.1, -0.05) is 76.4 Å². The van der Waals surface area contributed by atoms with Crippen molar-refractivity contribution in [2.24, 2.45) is 5.10 Å². The predicted molar refractivity (Wildman–Crippen MR) is 139 cm³/mol. The van der Waals surface area contributed by atoms with Crippen LogP contribution in [0.5, 0.6) is 0 Å². The van der Waals surface area contributed by atoms with Crippen LogP contribution in [-0.2, 0) is 4.79 Å². The Morgan fingerprint density at radius 2 is 1.76 bits per heavy atom. The molecule has 0 bridgehead atoms. The quantitative estimate of drug-likeness (QED) is 0.169. The van der Waals surface area contributed by atoms with Crippen LogP contribution in [0.3, 0.4) is 0 Å². The maximum absolute atomic E-state index is 12.4. The van der Waals surface area contributed by atoms with E-state index in [1.807, 2.05) is 47.9 Å². The number of benzene rings is 3. The highest BCUT2D eigenvalue weighted by molar-refractivity contribution is 7.99. The highest BCUT2D eigenvalue weighted by Crippen LogP contribution is 2.29. The summed E-state index contributed by atoms with van der Waals surface area (Å²) >= 11 is 19.4. The summed E-state index contributed by atoms with van der Waals surface area (Å²) in [4.78, 5) is 12.4. The van der Waals surface area contributed by atoms with Gasteiger partial charge in [-0.2, -0.15) is 5.10 Å². The minimum absolute atomic E-state index is 0.0885. The summed E-state index contributed by atoms with van der Waals surface area (Å²) in [6, 6.07) is 20.5. The molecule has 3 aromatic carbocycles. The van der Waals surface area contributed by atoms with Gasteiger partial charge in [0, 0.05) is 21.8 Å². The molecule has 10 heteroatoms. The molecule has 0 unspecified atom stereocenters. The summed E-state index contributed by atoms with van der Waals surface area (Å²) in [7, 11) is 0. The van der Waals surface area contributed by atoms with Gasteiger partial charge in [0.1, 0.15) is 0 Å². The maximum Gasteiger partial charge on any atom is 0.250 e. The number of halogens is 3.